The van der Waals surface area contributed by atoms with Crippen molar-refractivity contribution in [1.82, 2.24) is 9.97 Å². The molecule has 1 heterocycles. The lowest BCUT2D eigenvalue weighted by molar-refractivity contribution is 0.0759. The molecule has 18 heavy (non-hydrogen) atoms. The topological polar surface area (TPSA) is 56.3 Å². The summed E-state index contributed by atoms with van der Waals surface area (Å²) in [4.78, 5) is 8.53. The van der Waals surface area contributed by atoms with Crippen LogP contribution in [0.25, 0.3) is 12.2 Å². The summed E-state index contributed by atoms with van der Waals surface area (Å²) in [5.41, 5.74) is 1.53. The molecule has 0 aliphatic heterocycles. The molecule has 0 unspecified atom stereocenters. The van der Waals surface area contributed by atoms with Crippen LogP contribution in [0.4, 0.5) is 5.95 Å². The zero-order valence-electron chi connectivity index (χ0n) is 10.7. The smallest absolute Gasteiger partial charge is 0.223 e. The third kappa shape index (κ3) is 5.07. The standard InChI is InChI=1S/C13H19N3O2/c1-4-11-10-12(5-2)16-13(15-11)14-6-7-18-9-8-17-3/h4-5,10H,1-2,6-9H2,3H3,(H,14,15,16). The normalized spacial score (nSPS) is 10.1. The molecule has 0 saturated carbocycles. The highest BCUT2D eigenvalue weighted by Gasteiger charge is 2.00. The van der Waals surface area contributed by atoms with Gasteiger partial charge in [0.25, 0.3) is 0 Å². The van der Waals surface area contributed by atoms with Crippen LogP contribution in [0.5, 0.6) is 0 Å². The van der Waals surface area contributed by atoms with Crippen LogP contribution >= 0.6 is 0 Å². The predicted molar refractivity (Wildman–Crippen MR) is 73.4 cm³/mol. The summed E-state index contributed by atoms with van der Waals surface area (Å²) in [7, 11) is 1.65. The van der Waals surface area contributed by atoms with Crippen LogP contribution in [0.15, 0.2) is 19.2 Å². The highest BCUT2D eigenvalue weighted by atomic mass is 16.5. The molecular formula is C13H19N3O2. The number of ether oxygens (including phenoxy) is 2. The monoisotopic (exact) mass is 249 g/mol. The number of nitrogens with one attached hydrogen (secondary N) is 1. The van der Waals surface area contributed by atoms with E-state index in [2.05, 4.69) is 28.4 Å². The summed E-state index contributed by atoms with van der Waals surface area (Å²) in [6, 6.07) is 1.82. The number of anilines is 1. The van der Waals surface area contributed by atoms with Gasteiger partial charge in [0.05, 0.1) is 31.2 Å². The Hall–Kier alpha value is -1.72. The number of rotatable bonds is 9. The van der Waals surface area contributed by atoms with Crippen molar-refractivity contribution in [3.63, 3.8) is 0 Å². The zero-order valence-corrected chi connectivity index (χ0v) is 10.7. The summed E-state index contributed by atoms with van der Waals surface area (Å²) in [6.07, 6.45) is 3.35. The van der Waals surface area contributed by atoms with Gasteiger partial charge in [0.2, 0.25) is 5.95 Å². The molecule has 0 spiro atoms. The maximum atomic E-state index is 5.33. The second kappa shape index (κ2) is 8.38. The van der Waals surface area contributed by atoms with Crippen LogP contribution in [0.2, 0.25) is 0 Å². The summed E-state index contributed by atoms with van der Waals surface area (Å²) < 4.78 is 10.2. The molecule has 0 aliphatic carbocycles. The van der Waals surface area contributed by atoms with E-state index in [0.29, 0.717) is 32.3 Å². The molecule has 0 saturated heterocycles. The Morgan fingerprint density at radius 1 is 1.17 bits per heavy atom. The Balaban J connectivity index is 2.41. The van der Waals surface area contributed by atoms with Crippen molar-refractivity contribution < 1.29 is 9.47 Å². The molecule has 1 rings (SSSR count). The van der Waals surface area contributed by atoms with Gasteiger partial charge in [0, 0.05) is 13.7 Å². The van der Waals surface area contributed by atoms with Gasteiger partial charge in [-0.15, -0.1) is 0 Å². The van der Waals surface area contributed by atoms with E-state index in [0.717, 1.165) is 11.4 Å². The highest BCUT2D eigenvalue weighted by Crippen LogP contribution is 2.07. The van der Waals surface area contributed by atoms with Crippen LogP contribution in [-0.4, -0.2) is 43.4 Å². The number of aromatic nitrogens is 2. The molecule has 0 atom stereocenters. The number of nitrogens with zero attached hydrogens (tertiary/aromatic N) is 2. The van der Waals surface area contributed by atoms with Gasteiger partial charge in [-0.25, -0.2) is 9.97 Å². The molecule has 0 bridgehead atoms. The molecule has 5 heteroatoms. The van der Waals surface area contributed by atoms with E-state index in [9.17, 15) is 0 Å². The van der Waals surface area contributed by atoms with Gasteiger partial charge in [0.1, 0.15) is 0 Å². The first-order valence-electron chi connectivity index (χ1n) is 5.74. The van der Waals surface area contributed by atoms with Crippen molar-refractivity contribution in [1.29, 1.82) is 0 Å². The molecule has 0 radical (unpaired) electrons. The molecule has 5 nitrogen and oxygen atoms in total. The fraction of sp³-hybridized carbons (Fsp3) is 0.385. The molecule has 0 fully saturated rings. The quantitative estimate of drug-likeness (QED) is 0.677. The minimum Gasteiger partial charge on any atom is -0.382 e. The van der Waals surface area contributed by atoms with Gasteiger partial charge in [-0.3, -0.25) is 0 Å². The molecule has 1 aromatic heterocycles. The van der Waals surface area contributed by atoms with Crippen LogP contribution in [0.3, 0.4) is 0 Å². The SMILES string of the molecule is C=Cc1cc(C=C)nc(NCCOCCOC)n1. The molecule has 0 amide bonds. The van der Waals surface area contributed by atoms with Crippen LogP contribution in [0.1, 0.15) is 11.4 Å². The van der Waals surface area contributed by atoms with E-state index in [1.807, 2.05) is 6.07 Å². The first kappa shape index (κ1) is 14.3. The van der Waals surface area contributed by atoms with Crippen LogP contribution in [-0.2, 0) is 9.47 Å². The lowest BCUT2D eigenvalue weighted by atomic mass is 10.3. The molecule has 98 valence electrons. The number of hydrogen-bond acceptors (Lipinski definition) is 5. The third-order valence-electron chi connectivity index (χ3n) is 2.15. The molecular weight excluding hydrogens is 230 g/mol. The van der Waals surface area contributed by atoms with Gasteiger partial charge in [-0.1, -0.05) is 13.2 Å². The largest absolute Gasteiger partial charge is 0.382 e. The van der Waals surface area contributed by atoms with E-state index < -0.39 is 0 Å². The average Bonchev–Trinajstić information content (AvgIpc) is 2.42. The maximum Gasteiger partial charge on any atom is 0.223 e. The molecule has 0 aromatic carbocycles. The average molecular weight is 249 g/mol. The molecule has 1 N–H and O–H groups in total. The van der Waals surface area contributed by atoms with Gasteiger partial charge >= 0.3 is 0 Å². The van der Waals surface area contributed by atoms with Gasteiger partial charge < -0.3 is 14.8 Å². The predicted octanol–water partition coefficient (Wildman–Crippen LogP) is 1.84. The Morgan fingerprint density at radius 3 is 2.39 bits per heavy atom. The van der Waals surface area contributed by atoms with Crippen molar-refractivity contribution in [2.24, 2.45) is 0 Å². The third-order valence-corrected chi connectivity index (χ3v) is 2.15. The van der Waals surface area contributed by atoms with E-state index in [-0.39, 0.29) is 0 Å². The second-order valence-corrected chi connectivity index (χ2v) is 3.48. The van der Waals surface area contributed by atoms with E-state index in [1.165, 1.54) is 0 Å². The minimum absolute atomic E-state index is 0.553. The maximum absolute atomic E-state index is 5.33. The van der Waals surface area contributed by atoms with Gasteiger partial charge in [-0.2, -0.15) is 0 Å². The summed E-state index contributed by atoms with van der Waals surface area (Å²) >= 11 is 0. The second-order valence-electron chi connectivity index (χ2n) is 3.48. The summed E-state index contributed by atoms with van der Waals surface area (Å²) in [5.74, 6) is 0.553. The Bertz CT molecular complexity index is 368. The summed E-state index contributed by atoms with van der Waals surface area (Å²) in [5, 5.41) is 3.09. The first-order valence-corrected chi connectivity index (χ1v) is 5.74. The lowest BCUT2D eigenvalue weighted by Gasteiger charge is -2.07. The Labute approximate surface area is 108 Å². The number of methoxy groups -OCH3 is 1. The van der Waals surface area contributed by atoms with Crippen LogP contribution < -0.4 is 5.32 Å². The Kier molecular flexibility index (Phi) is 6.68. The fourth-order valence-corrected chi connectivity index (χ4v) is 1.25. The highest BCUT2D eigenvalue weighted by molar-refractivity contribution is 5.52. The fourth-order valence-electron chi connectivity index (χ4n) is 1.25. The van der Waals surface area contributed by atoms with E-state index in [1.54, 1.807) is 19.3 Å². The van der Waals surface area contributed by atoms with Gasteiger partial charge in [-0.05, 0) is 18.2 Å². The van der Waals surface area contributed by atoms with Gasteiger partial charge in [0.15, 0.2) is 0 Å². The number of hydrogen-bond donors (Lipinski definition) is 1. The Morgan fingerprint density at radius 2 is 1.83 bits per heavy atom. The van der Waals surface area contributed by atoms with Crippen molar-refractivity contribution >= 4 is 18.1 Å². The van der Waals surface area contributed by atoms with Crippen LogP contribution in [0, 0.1) is 0 Å². The minimum atomic E-state index is 0.553. The van der Waals surface area contributed by atoms with E-state index in [4.69, 9.17) is 9.47 Å². The summed E-state index contributed by atoms with van der Waals surface area (Å²) in [6.45, 7) is 9.78. The van der Waals surface area contributed by atoms with Crippen molar-refractivity contribution in [2.45, 2.75) is 0 Å². The molecule has 0 aliphatic rings. The lowest BCUT2D eigenvalue weighted by Crippen LogP contribution is -2.14. The van der Waals surface area contributed by atoms with E-state index >= 15 is 0 Å². The zero-order chi connectivity index (χ0) is 13.2. The van der Waals surface area contributed by atoms with Crippen molar-refractivity contribution in [3.8, 4) is 0 Å². The van der Waals surface area contributed by atoms with Crippen molar-refractivity contribution in [3.05, 3.63) is 30.6 Å². The first-order chi connectivity index (χ1) is 8.80. The van der Waals surface area contributed by atoms with Crippen molar-refractivity contribution in [2.75, 3.05) is 38.8 Å². The molecule has 1 aromatic rings.